The van der Waals surface area contributed by atoms with Gasteiger partial charge in [-0.2, -0.15) is 0 Å². The fraction of sp³-hybridized carbons (Fsp3) is 0.200. The average Bonchev–Trinajstić information content (AvgIpc) is 3.37. The van der Waals surface area contributed by atoms with E-state index in [9.17, 15) is 14.7 Å². The molecule has 188 valence electrons. The lowest BCUT2D eigenvalue weighted by Crippen LogP contribution is -2.19. The lowest BCUT2D eigenvalue weighted by molar-refractivity contribution is -0.134. The Morgan fingerprint density at radius 3 is 2.72 bits per heavy atom. The van der Waals surface area contributed by atoms with Crippen LogP contribution in [-0.2, 0) is 19.1 Å². The molecule has 1 aliphatic rings. The molecule has 4 N–H and O–H groups in total. The number of nitrogens with one attached hydrogen (secondary N) is 2. The van der Waals surface area contributed by atoms with Crippen LogP contribution in [-0.4, -0.2) is 70.6 Å². The number of nitrogens with zero attached hydrogens (tertiary/aromatic N) is 2. The number of benzene rings is 1. The number of fused-ring (bicyclic) bond motifs is 1. The number of anilines is 1. The Hall–Kier alpha value is -4.64. The molecule has 0 fully saturated rings. The van der Waals surface area contributed by atoms with Gasteiger partial charge in [0, 0.05) is 35.6 Å². The van der Waals surface area contributed by atoms with Gasteiger partial charge in [0.2, 0.25) is 11.7 Å². The van der Waals surface area contributed by atoms with Gasteiger partial charge in [0.1, 0.15) is 18.0 Å². The highest BCUT2D eigenvalue weighted by Gasteiger charge is 2.36. The number of aryl methyl sites for hydroxylation is 1. The van der Waals surface area contributed by atoms with Crippen LogP contribution in [0.1, 0.15) is 11.1 Å². The smallest absolute Gasteiger partial charge is 0.345 e. The number of carboxylic acid groups (broad SMARTS) is 2. The molecule has 0 unspecified atom stereocenters. The molecule has 0 radical (unpaired) electrons. The maximum Gasteiger partial charge on any atom is 0.345 e. The van der Waals surface area contributed by atoms with Gasteiger partial charge in [-0.15, -0.1) is 0 Å². The van der Waals surface area contributed by atoms with Crippen LogP contribution < -0.4 is 10.1 Å². The predicted octanol–water partition coefficient (Wildman–Crippen LogP) is 2.86. The van der Waals surface area contributed by atoms with Crippen LogP contribution in [0.3, 0.4) is 0 Å². The SMILES string of the molecule is Cc1cc(OCCN(C)C)ccc1NC1=C(C(=O)O)C(=O)/C(=C/c2c[nH]c3ncccc23)O1.O=CO. The second-order valence-electron chi connectivity index (χ2n) is 7.95. The molecule has 11 nitrogen and oxygen atoms in total. The van der Waals surface area contributed by atoms with Gasteiger partial charge in [-0.3, -0.25) is 9.59 Å². The van der Waals surface area contributed by atoms with E-state index in [2.05, 4.69) is 15.3 Å². The fourth-order valence-electron chi connectivity index (χ4n) is 3.38. The lowest BCUT2D eigenvalue weighted by atomic mass is 10.1. The molecule has 0 saturated carbocycles. The number of allylic oxidation sites excluding steroid dienone is 1. The number of ketones is 1. The standard InChI is InChI=1S/C24H24N4O5.CH2O2/c1-14-11-16(32-10-9-28(2)3)6-7-18(14)27-23-20(24(30)31)21(29)19(33-23)12-15-13-26-22-17(15)5-4-8-25-22;2-1-3/h4-8,11-13,27H,9-10H2,1-3H3,(H,25,26)(H,30,31);1H,(H,2,3)/b19-12-;. The van der Waals surface area contributed by atoms with E-state index in [1.807, 2.05) is 38.1 Å². The number of Topliss-reactive ketones (excluding diaryl/α,β-unsaturated/α-hetero) is 1. The van der Waals surface area contributed by atoms with Crippen molar-refractivity contribution in [3.05, 3.63) is 71.1 Å². The minimum atomic E-state index is -1.37. The number of carbonyl (C=O) groups excluding carboxylic acids is 1. The van der Waals surface area contributed by atoms with Gasteiger partial charge in [-0.25, -0.2) is 9.78 Å². The van der Waals surface area contributed by atoms with Gasteiger partial charge in [-0.1, -0.05) is 0 Å². The Kier molecular flexibility index (Phi) is 8.42. The number of ether oxygens (including phenoxy) is 2. The van der Waals surface area contributed by atoms with E-state index in [4.69, 9.17) is 19.4 Å². The summed E-state index contributed by atoms with van der Waals surface area (Å²) < 4.78 is 11.4. The van der Waals surface area contributed by atoms with Crippen molar-refractivity contribution < 1.29 is 34.1 Å². The highest BCUT2D eigenvalue weighted by Crippen LogP contribution is 2.31. The van der Waals surface area contributed by atoms with Crippen molar-refractivity contribution in [1.29, 1.82) is 0 Å². The van der Waals surface area contributed by atoms with Crippen molar-refractivity contribution >= 4 is 41.0 Å². The van der Waals surface area contributed by atoms with Gasteiger partial charge in [0.05, 0.1) is 0 Å². The van der Waals surface area contributed by atoms with E-state index in [0.717, 1.165) is 17.5 Å². The summed E-state index contributed by atoms with van der Waals surface area (Å²) in [6.45, 7) is 2.93. The summed E-state index contributed by atoms with van der Waals surface area (Å²) in [5, 5.41) is 20.3. The van der Waals surface area contributed by atoms with Crippen molar-refractivity contribution in [2.24, 2.45) is 0 Å². The number of H-pyrrole nitrogens is 1. The summed E-state index contributed by atoms with van der Waals surface area (Å²) in [5.41, 5.74) is 2.29. The fourth-order valence-corrected chi connectivity index (χ4v) is 3.38. The minimum absolute atomic E-state index is 0.0825. The lowest BCUT2D eigenvalue weighted by Gasteiger charge is -2.14. The van der Waals surface area contributed by atoms with E-state index < -0.39 is 17.3 Å². The van der Waals surface area contributed by atoms with Gasteiger partial charge in [0.25, 0.3) is 6.47 Å². The molecule has 2 aromatic heterocycles. The van der Waals surface area contributed by atoms with Gasteiger partial charge < -0.3 is 34.9 Å². The van der Waals surface area contributed by atoms with Gasteiger partial charge >= 0.3 is 5.97 Å². The maximum atomic E-state index is 12.8. The molecular weight excluding hydrogens is 468 g/mol. The largest absolute Gasteiger partial charge is 0.492 e. The molecule has 4 rings (SSSR count). The Morgan fingerprint density at radius 1 is 1.31 bits per heavy atom. The molecule has 0 aliphatic carbocycles. The highest BCUT2D eigenvalue weighted by atomic mass is 16.5. The molecule has 36 heavy (non-hydrogen) atoms. The summed E-state index contributed by atoms with van der Waals surface area (Å²) in [6.07, 6.45) is 4.85. The molecule has 11 heteroatoms. The monoisotopic (exact) mass is 494 g/mol. The van der Waals surface area contributed by atoms with Gasteiger partial charge in [-0.05, 0) is 63.0 Å². The third-order valence-corrected chi connectivity index (χ3v) is 5.13. The normalized spacial score (nSPS) is 14.0. The zero-order valence-corrected chi connectivity index (χ0v) is 19.9. The zero-order chi connectivity index (χ0) is 26.2. The first kappa shape index (κ1) is 26.0. The maximum absolute atomic E-state index is 12.8. The summed E-state index contributed by atoms with van der Waals surface area (Å²) in [7, 11) is 3.94. The first-order chi connectivity index (χ1) is 17.2. The summed E-state index contributed by atoms with van der Waals surface area (Å²) in [4.78, 5) is 42.2. The highest BCUT2D eigenvalue weighted by molar-refractivity contribution is 6.26. The number of rotatable bonds is 8. The average molecular weight is 495 g/mol. The van der Waals surface area contributed by atoms with Crippen molar-refractivity contribution in [1.82, 2.24) is 14.9 Å². The molecule has 0 atom stereocenters. The molecule has 0 amide bonds. The number of hydrogen-bond donors (Lipinski definition) is 4. The van der Waals surface area contributed by atoms with Crippen molar-refractivity contribution in [2.75, 3.05) is 32.6 Å². The van der Waals surface area contributed by atoms with Crippen LogP contribution in [0.4, 0.5) is 5.69 Å². The Morgan fingerprint density at radius 2 is 2.06 bits per heavy atom. The van der Waals surface area contributed by atoms with Crippen LogP contribution in [0.2, 0.25) is 0 Å². The van der Waals surface area contributed by atoms with Gasteiger partial charge in [0.15, 0.2) is 11.3 Å². The first-order valence-corrected chi connectivity index (χ1v) is 10.8. The number of aliphatic carboxylic acids is 1. The van der Waals surface area contributed by atoms with E-state index in [1.54, 1.807) is 30.6 Å². The molecule has 0 bridgehead atoms. The molecule has 0 saturated heterocycles. The predicted molar refractivity (Wildman–Crippen MR) is 132 cm³/mol. The van der Waals surface area contributed by atoms with Crippen LogP contribution in [0.15, 0.2) is 59.9 Å². The van der Waals surface area contributed by atoms with E-state index in [1.165, 1.54) is 6.08 Å². The number of aromatic nitrogens is 2. The zero-order valence-electron chi connectivity index (χ0n) is 19.9. The second-order valence-corrected chi connectivity index (χ2v) is 7.95. The third-order valence-electron chi connectivity index (χ3n) is 5.13. The topological polar surface area (TPSA) is 154 Å². The number of carboxylic acids is 1. The molecule has 1 aromatic carbocycles. The summed E-state index contributed by atoms with van der Waals surface area (Å²) in [6, 6.07) is 9.00. The Bertz CT molecular complexity index is 1340. The van der Waals surface area contributed by atoms with E-state index >= 15 is 0 Å². The quantitative estimate of drug-likeness (QED) is 0.209. The Labute approximate surface area is 206 Å². The number of carbonyl (C=O) groups is 3. The van der Waals surface area contributed by atoms with Crippen molar-refractivity contribution in [3.8, 4) is 5.75 Å². The Balaban J connectivity index is 0.00000115. The molecule has 1 aliphatic heterocycles. The number of pyridine rings is 1. The van der Waals surface area contributed by atoms with E-state index in [0.29, 0.717) is 29.3 Å². The van der Waals surface area contributed by atoms with Crippen molar-refractivity contribution in [2.45, 2.75) is 6.92 Å². The number of hydrogen-bond acceptors (Lipinski definition) is 8. The van der Waals surface area contributed by atoms with Crippen LogP contribution in [0.5, 0.6) is 5.75 Å². The summed E-state index contributed by atoms with van der Waals surface area (Å²) >= 11 is 0. The number of likely N-dealkylation sites (N-methyl/N-ethyl adjacent to an activating group) is 1. The van der Waals surface area contributed by atoms with Crippen LogP contribution >= 0.6 is 0 Å². The van der Waals surface area contributed by atoms with Crippen LogP contribution in [0, 0.1) is 6.92 Å². The molecule has 3 aromatic rings. The van der Waals surface area contributed by atoms with Crippen molar-refractivity contribution in [3.63, 3.8) is 0 Å². The number of aromatic amines is 1. The van der Waals surface area contributed by atoms with E-state index in [-0.39, 0.29) is 18.1 Å². The molecule has 3 heterocycles. The second kappa shape index (κ2) is 11.7. The first-order valence-electron chi connectivity index (χ1n) is 10.8. The van der Waals surface area contributed by atoms with Crippen LogP contribution in [0.25, 0.3) is 17.1 Å². The minimum Gasteiger partial charge on any atom is -0.492 e. The molecule has 0 spiro atoms. The molecular formula is C25H26N4O7. The third kappa shape index (κ3) is 6.07. The summed E-state index contributed by atoms with van der Waals surface area (Å²) in [5.74, 6) is -1.58.